The van der Waals surface area contributed by atoms with Gasteiger partial charge < -0.3 is 10.7 Å². The molecule has 0 bridgehead atoms. The molecule has 0 aliphatic heterocycles. The Morgan fingerprint density at radius 2 is 2.33 bits per heavy atom. The average Bonchev–Trinajstić information content (AvgIpc) is 2.60. The summed E-state index contributed by atoms with van der Waals surface area (Å²) in [6.07, 6.45) is 0.795. The Kier molecular flexibility index (Phi) is 2.75. The van der Waals surface area contributed by atoms with Crippen molar-refractivity contribution in [1.82, 2.24) is 9.97 Å². The minimum Gasteiger partial charge on any atom is -0.341 e. The fourth-order valence-electron chi connectivity index (χ4n) is 1.39. The Bertz CT molecular complexity index is 456. The van der Waals surface area contributed by atoms with Gasteiger partial charge in [0, 0.05) is 6.07 Å². The van der Waals surface area contributed by atoms with Crippen LogP contribution in [-0.4, -0.2) is 9.97 Å². The number of hydrogen-bond donors (Lipinski definition) is 2. The van der Waals surface area contributed by atoms with Crippen LogP contribution in [0, 0.1) is 5.82 Å². The van der Waals surface area contributed by atoms with E-state index in [0.717, 1.165) is 11.9 Å². The quantitative estimate of drug-likeness (QED) is 0.883. The van der Waals surface area contributed by atoms with Crippen LogP contribution in [0.2, 0.25) is 0 Å². The van der Waals surface area contributed by atoms with Crippen LogP contribution in [0.1, 0.15) is 25.2 Å². The summed E-state index contributed by atoms with van der Waals surface area (Å²) in [4.78, 5) is 7.33. The first-order valence-corrected chi connectivity index (χ1v) is 5.51. The number of nitrogens with two attached hydrogens (primary N) is 1. The van der Waals surface area contributed by atoms with Crippen LogP contribution in [0.5, 0.6) is 0 Å². The van der Waals surface area contributed by atoms with E-state index in [2.05, 4.69) is 25.9 Å². The third-order valence-electron chi connectivity index (χ3n) is 2.33. The van der Waals surface area contributed by atoms with Crippen molar-refractivity contribution in [3.8, 4) is 0 Å². The highest BCUT2D eigenvalue weighted by Crippen LogP contribution is 2.23. The topological polar surface area (TPSA) is 54.7 Å². The molecule has 0 saturated carbocycles. The molecule has 0 aliphatic carbocycles. The highest BCUT2D eigenvalue weighted by molar-refractivity contribution is 9.10. The van der Waals surface area contributed by atoms with E-state index in [-0.39, 0.29) is 11.9 Å². The van der Waals surface area contributed by atoms with Gasteiger partial charge in [-0.2, -0.15) is 0 Å². The third-order valence-corrected chi connectivity index (χ3v) is 2.94. The lowest BCUT2D eigenvalue weighted by molar-refractivity contribution is 0.622. The molecule has 2 aromatic rings. The van der Waals surface area contributed by atoms with Gasteiger partial charge >= 0.3 is 0 Å². The highest BCUT2D eigenvalue weighted by atomic mass is 79.9. The molecular formula is C10H11BrFN3. The Hall–Kier alpha value is -0.940. The number of aromatic nitrogens is 2. The second kappa shape index (κ2) is 3.90. The summed E-state index contributed by atoms with van der Waals surface area (Å²) in [6.45, 7) is 1.98. The summed E-state index contributed by atoms with van der Waals surface area (Å²) >= 11 is 3.12. The van der Waals surface area contributed by atoms with Crippen molar-refractivity contribution in [2.45, 2.75) is 19.4 Å². The molecule has 2 rings (SSSR count). The molecule has 5 heteroatoms. The molecule has 0 fully saturated rings. The number of imidazole rings is 1. The van der Waals surface area contributed by atoms with E-state index in [9.17, 15) is 4.39 Å². The van der Waals surface area contributed by atoms with Gasteiger partial charge in [-0.15, -0.1) is 0 Å². The maximum atomic E-state index is 13.2. The molecule has 0 spiro atoms. The number of hydrogen-bond acceptors (Lipinski definition) is 2. The summed E-state index contributed by atoms with van der Waals surface area (Å²) in [6, 6.07) is 2.94. The van der Waals surface area contributed by atoms with Crippen LogP contribution >= 0.6 is 15.9 Å². The molecule has 15 heavy (non-hydrogen) atoms. The lowest BCUT2D eigenvalue weighted by Crippen LogP contribution is -2.10. The van der Waals surface area contributed by atoms with Gasteiger partial charge in [0.25, 0.3) is 0 Å². The van der Waals surface area contributed by atoms with Gasteiger partial charge in [-0.25, -0.2) is 9.37 Å². The van der Waals surface area contributed by atoms with Crippen LogP contribution < -0.4 is 5.73 Å². The van der Waals surface area contributed by atoms with Crippen molar-refractivity contribution in [2.24, 2.45) is 5.73 Å². The summed E-state index contributed by atoms with van der Waals surface area (Å²) in [7, 11) is 0. The van der Waals surface area contributed by atoms with Gasteiger partial charge in [-0.05, 0) is 28.4 Å². The molecule has 0 radical (unpaired) electrons. The normalized spacial score (nSPS) is 13.3. The Morgan fingerprint density at radius 1 is 1.60 bits per heavy atom. The largest absolute Gasteiger partial charge is 0.341 e. The van der Waals surface area contributed by atoms with Crippen molar-refractivity contribution in [3.63, 3.8) is 0 Å². The van der Waals surface area contributed by atoms with E-state index < -0.39 is 0 Å². The predicted octanol–water partition coefficient (Wildman–Crippen LogP) is 2.87. The third kappa shape index (κ3) is 1.89. The number of nitrogens with one attached hydrogen (secondary N) is 1. The van der Waals surface area contributed by atoms with E-state index in [0.29, 0.717) is 15.8 Å². The summed E-state index contributed by atoms with van der Waals surface area (Å²) in [5.41, 5.74) is 7.23. The number of H-pyrrole nitrogens is 1. The Labute approximate surface area is 95.0 Å². The minimum atomic E-state index is -0.303. The zero-order chi connectivity index (χ0) is 11.0. The van der Waals surface area contributed by atoms with Crippen LogP contribution in [0.15, 0.2) is 16.6 Å². The van der Waals surface area contributed by atoms with Crippen molar-refractivity contribution in [1.29, 1.82) is 0 Å². The summed E-state index contributed by atoms with van der Waals surface area (Å²) < 4.78 is 13.6. The Morgan fingerprint density at radius 3 is 3.00 bits per heavy atom. The van der Waals surface area contributed by atoms with Gasteiger partial charge in [-0.3, -0.25) is 0 Å². The predicted molar refractivity (Wildman–Crippen MR) is 61.0 cm³/mol. The van der Waals surface area contributed by atoms with Gasteiger partial charge in [0.2, 0.25) is 0 Å². The van der Waals surface area contributed by atoms with Crippen LogP contribution in [-0.2, 0) is 0 Å². The van der Waals surface area contributed by atoms with Crippen LogP contribution in [0.25, 0.3) is 11.0 Å². The molecule has 1 heterocycles. The molecule has 1 unspecified atom stereocenters. The van der Waals surface area contributed by atoms with Crippen LogP contribution in [0.3, 0.4) is 0 Å². The van der Waals surface area contributed by atoms with E-state index in [1.807, 2.05) is 6.92 Å². The Balaban J connectivity index is 2.56. The fraction of sp³-hybridized carbons (Fsp3) is 0.300. The van der Waals surface area contributed by atoms with E-state index in [4.69, 9.17) is 5.73 Å². The number of halogens is 2. The number of aromatic amines is 1. The zero-order valence-corrected chi connectivity index (χ0v) is 9.81. The van der Waals surface area contributed by atoms with Crippen molar-refractivity contribution in [3.05, 3.63) is 28.2 Å². The minimum absolute atomic E-state index is 0.126. The lowest BCUT2D eigenvalue weighted by Gasteiger charge is -2.02. The van der Waals surface area contributed by atoms with Crippen LogP contribution in [0.4, 0.5) is 4.39 Å². The van der Waals surface area contributed by atoms with E-state index in [1.54, 1.807) is 6.07 Å². The highest BCUT2D eigenvalue weighted by Gasteiger charge is 2.11. The standard InChI is InChI=1S/C10H11BrFN3/c1-2-7(13)10-14-8-3-5(11)6(12)4-9(8)15-10/h3-4,7H,2,13H2,1H3,(H,14,15). The van der Waals surface area contributed by atoms with E-state index in [1.165, 1.54) is 6.07 Å². The van der Waals surface area contributed by atoms with Gasteiger partial charge in [0.1, 0.15) is 11.6 Å². The molecule has 0 aliphatic rings. The molecule has 3 nitrogen and oxygen atoms in total. The summed E-state index contributed by atoms with van der Waals surface area (Å²) in [5, 5.41) is 0. The number of rotatable bonds is 2. The lowest BCUT2D eigenvalue weighted by atomic mass is 10.2. The molecule has 0 saturated heterocycles. The fourth-order valence-corrected chi connectivity index (χ4v) is 1.72. The van der Waals surface area contributed by atoms with Crippen molar-refractivity contribution < 1.29 is 4.39 Å². The van der Waals surface area contributed by atoms with E-state index >= 15 is 0 Å². The first-order chi connectivity index (χ1) is 7.11. The van der Waals surface area contributed by atoms with Gasteiger partial charge in [0.05, 0.1) is 21.5 Å². The number of benzene rings is 1. The molecule has 3 N–H and O–H groups in total. The summed E-state index contributed by atoms with van der Waals surface area (Å²) in [5.74, 6) is 0.396. The number of fused-ring (bicyclic) bond motifs is 1. The molecule has 80 valence electrons. The average molecular weight is 272 g/mol. The monoisotopic (exact) mass is 271 g/mol. The maximum absolute atomic E-state index is 13.2. The smallest absolute Gasteiger partial charge is 0.139 e. The second-order valence-corrected chi connectivity index (χ2v) is 4.27. The first-order valence-electron chi connectivity index (χ1n) is 4.72. The SMILES string of the molecule is CCC(N)c1nc2cc(Br)c(F)cc2[nH]1. The molecule has 0 amide bonds. The first kappa shape index (κ1) is 10.6. The maximum Gasteiger partial charge on any atom is 0.139 e. The van der Waals surface area contributed by atoms with Gasteiger partial charge in [0.15, 0.2) is 0 Å². The van der Waals surface area contributed by atoms with Crippen molar-refractivity contribution >= 4 is 27.0 Å². The molecular weight excluding hydrogens is 261 g/mol. The molecule has 1 aromatic carbocycles. The van der Waals surface area contributed by atoms with Gasteiger partial charge in [-0.1, -0.05) is 6.92 Å². The van der Waals surface area contributed by atoms with Crippen molar-refractivity contribution in [2.75, 3.05) is 0 Å². The number of nitrogens with zero attached hydrogens (tertiary/aromatic N) is 1. The molecule has 1 atom stereocenters. The molecule has 1 aromatic heterocycles. The zero-order valence-electron chi connectivity index (χ0n) is 8.22. The second-order valence-electron chi connectivity index (χ2n) is 3.42.